The first-order valence-corrected chi connectivity index (χ1v) is 8.05. The van der Waals surface area contributed by atoms with Crippen molar-refractivity contribution in [3.05, 3.63) is 28.8 Å². The fraction of sp³-hybridized carbons (Fsp3) is 0.625. The molecule has 0 aromatic heterocycles. The zero-order valence-electron chi connectivity index (χ0n) is 11.9. The number of rotatable bonds is 3. The van der Waals surface area contributed by atoms with E-state index >= 15 is 0 Å². The van der Waals surface area contributed by atoms with Gasteiger partial charge in [-0.05, 0) is 43.5 Å². The minimum atomic E-state index is 0.619. The molecule has 3 rings (SSSR count). The van der Waals surface area contributed by atoms with Crippen molar-refractivity contribution in [2.45, 2.75) is 31.7 Å². The summed E-state index contributed by atoms with van der Waals surface area (Å²) in [5, 5.41) is 4.47. The van der Waals surface area contributed by atoms with E-state index in [2.05, 4.69) is 28.4 Å². The SMILES string of the molecule is Clc1cc(CC2CCCCN2)ccc1N1CCOCC1. The predicted molar refractivity (Wildman–Crippen MR) is 83.8 cm³/mol. The largest absolute Gasteiger partial charge is 0.378 e. The second-order valence-electron chi connectivity index (χ2n) is 5.74. The quantitative estimate of drug-likeness (QED) is 0.928. The second-order valence-corrected chi connectivity index (χ2v) is 6.14. The zero-order chi connectivity index (χ0) is 13.8. The Morgan fingerprint density at radius 3 is 2.80 bits per heavy atom. The van der Waals surface area contributed by atoms with E-state index in [0.717, 1.165) is 50.0 Å². The predicted octanol–water partition coefficient (Wildman–Crippen LogP) is 2.86. The molecule has 1 aromatic carbocycles. The lowest BCUT2D eigenvalue weighted by molar-refractivity contribution is 0.122. The Hall–Kier alpha value is -0.770. The van der Waals surface area contributed by atoms with Crippen molar-refractivity contribution in [1.82, 2.24) is 5.32 Å². The van der Waals surface area contributed by atoms with Crippen LogP contribution in [0.1, 0.15) is 24.8 Å². The maximum absolute atomic E-state index is 6.48. The molecule has 20 heavy (non-hydrogen) atoms. The summed E-state index contributed by atoms with van der Waals surface area (Å²) in [6.07, 6.45) is 5.02. The van der Waals surface area contributed by atoms with Crippen LogP contribution in [-0.2, 0) is 11.2 Å². The molecule has 2 aliphatic rings. The van der Waals surface area contributed by atoms with Crippen molar-refractivity contribution in [3.63, 3.8) is 0 Å². The van der Waals surface area contributed by atoms with Crippen LogP contribution in [0.25, 0.3) is 0 Å². The first-order valence-electron chi connectivity index (χ1n) is 7.67. The number of halogens is 1. The molecule has 4 heteroatoms. The number of nitrogens with zero attached hydrogens (tertiary/aromatic N) is 1. The van der Waals surface area contributed by atoms with Crippen molar-refractivity contribution in [2.24, 2.45) is 0 Å². The van der Waals surface area contributed by atoms with Gasteiger partial charge < -0.3 is 15.0 Å². The molecule has 2 saturated heterocycles. The third-order valence-corrected chi connectivity index (χ3v) is 4.56. The van der Waals surface area contributed by atoms with Crippen LogP contribution in [0.3, 0.4) is 0 Å². The van der Waals surface area contributed by atoms with Gasteiger partial charge in [-0.2, -0.15) is 0 Å². The molecular weight excluding hydrogens is 272 g/mol. The lowest BCUT2D eigenvalue weighted by Crippen LogP contribution is -2.36. The Bertz CT molecular complexity index is 440. The average Bonchev–Trinajstić information content (AvgIpc) is 2.49. The molecule has 3 nitrogen and oxygen atoms in total. The molecular formula is C16H23ClN2O. The Balaban J connectivity index is 1.66. The summed E-state index contributed by atoms with van der Waals surface area (Å²) in [5.74, 6) is 0. The third-order valence-electron chi connectivity index (χ3n) is 4.26. The number of piperidine rings is 1. The van der Waals surface area contributed by atoms with Crippen LogP contribution in [-0.4, -0.2) is 38.9 Å². The number of hydrogen-bond acceptors (Lipinski definition) is 3. The Labute approximate surface area is 126 Å². The Morgan fingerprint density at radius 1 is 1.25 bits per heavy atom. The zero-order valence-corrected chi connectivity index (χ0v) is 12.7. The first-order chi connectivity index (χ1) is 9.83. The highest BCUT2D eigenvalue weighted by Gasteiger charge is 2.16. The first kappa shape index (κ1) is 14.2. The molecule has 1 atom stereocenters. The lowest BCUT2D eigenvalue weighted by atomic mass is 9.97. The number of morpholine rings is 1. The van der Waals surface area contributed by atoms with Gasteiger partial charge in [0.15, 0.2) is 0 Å². The highest BCUT2D eigenvalue weighted by Crippen LogP contribution is 2.28. The molecule has 0 aliphatic carbocycles. The van der Waals surface area contributed by atoms with Gasteiger partial charge in [-0.15, -0.1) is 0 Å². The Kier molecular flexibility index (Phi) is 4.81. The molecule has 2 fully saturated rings. The van der Waals surface area contributed by atoms with Gasteiger partial charge in [0.25, 0.3) is 0 Å². The summed E-state index contributed by atoms with van der Waals surface area (Å²) >= 11 is 6.48. The van der Waals surface area contributed by atoms with Crippen LogP contribution in [0, 0.1) is 0 Å². The molecule has 2 aliphatic heterocycles. The van der Waals surface area contributed by atoms with Gasteiger partial charge in [0, 0.05) is 19.1 Å². The lowest BCUT2D eigenvalue weighted by Gasteiger charge is -2.30. The van der Waals surface area contributed by atoms with Gasteiger partial charge in [-0.25, -0.2) is 0 Å². The van der Waals surface area contributed by atoms with E-state index in [1.54, 1.807) is 0 Å². The molecule has 1 aromatic rings. The van der Waals surface area contributed by atoms with E-state index in [0.29, 0.717) is 6.04 Å². The maximum atomic E-state index is 6.48. The topological polar surface area (TPSA) is 24.5 Å². The molecule has 0 spiro atoms. The number of anilines is 1. The monoisotopic (exact) mass is 294 g/mol. The van der Waals surface area contributed by atoms with Crippen molar-refractivity contribution < 1.29 is 4.74 Å². The van der Waals surface area contributed by atoms with E-state index in [-0.39, 0.29) is 0 Å². The Morgan fingerprint density at radius 2 is 2.10 bits per heavy atom. The summed E-state index contributed by atoms with van der Waals surface area (Å²) in [7, 11) is 0. The van der Waals surface area contributed by atoms with Crippen LogP contribution in [0.2, 0.25) is 5.02 Å². The molecule has 0 radical (unpaired) electrons. The van der Waals surface area contributed by atoms with Crippen LogP contribution in [0.4, 0.5) is 5.69 Å². The minimum Gasteiger partial charge on any atom is -0.378 e. The number of nitrogens with one attached hydrogen (secondary N) is 1. The minimum absolute atomic E-state index is 0.619. The van der Waals surface area contributed by atoms with E-state index in [1.165, 1.54) is 24.8 Å². The van der Waals surface area contributed by atoms with Crippen LogP contribution >= 0.6 is 11.6 Å². The summed E-state index contributed by atoms with van der Waals surface area (Å²) in [6.45, 7) is 4.62. The van der Waals surface area contributed by atoms with E-state index in [4.69, 9.17) is 16.3 Å². The average molecular weight is 295 g/mol. The normalized spacial score (nSPS) is 23.9. The number of benzene rings is 1. The molecule has 0 amide bonds. The highest BCUT2D eigenvalue weighted by molar-refractivity contribution is 6.33. The highest BCUT2D eigenvalue weighted by atomic mass is 35.5. The van der Waals surface area contributed by atoms with Gasteiger partial charge in [-0.1, -0.05) is 24.1 Å². The molecule has 110 valence electrons. The maximum Gasteiger partial charge on any atom is 0.0642 e. The van der Waals surface area contributed by atoms with Crippen molar-refractivity contribution >= 4 is 17.3 Å². The number of ether oxygens (including phenoxy) is 1. The smallest absolute Gasteiger partial charge is 0.0642 e. The van der Waals surface area contributed by atoms with E-state index < -0.39 is 0 Å². The van der Waals surface area contributed by atoms with Crippen molar-refractivity contribution in [3.8, 4) is 0 Å². The number of hydrogen-bond donors (Lipinski definition) is 1. The standard InChI is InChI=1S/C16H23ClN2O/c17-15-12-13(11-14-3-1-2-6-18-14)4-5-16(15)19-7-9-20-10-8-19/h4-5,12,14,18H,1-3,6-11H2. The summed E-state index contributed by atoms with van der Waals surface area (Å²) in [4.78, 5) is 2.31. The van der Waals surface area contributed by atoms with Crippen LogP contribution in [0.5, 0.6) is 0 Å². The molecule has 1 N–H and O–H groups in total. The second kappa shape index (κ2) is 6.79. The van der Waals surface area contributed by atoms with Gasteiger partial charge in [-0.3, -0.25) is 0 Å². The molecule has 2 heterocycles. The van der Waals surface area contributed by atoms with E-state index in [1.807, 2.05) is 0 Å². The molecule has 1 unspecified atom stereocenters. The summed E-state index contributed by atoms with van der Waals surface area (Å²) in [5.41, 5.74) is 2.49. The fourth-order valence-corrected chi connectivity index (χ4v) is 3.44. The fourth-order valence-electron chi connectivity index (χ4n) is 3.12. The third kappa shape index (κ3) is 3.46. The van der Waals surface area contributed by atoms with Gasteiger partial charge >= 0.3 is 0 Å². The van der Waals surface area contributed by atoms with Crippen LogP contribution < -0.4 is 10.2 Å². The van der Waals surface area contributed by atoms with Crippen LogP contribution in [0.15, 0.2) is 18.2 Å². The van der Waals surface area contributed by atoms with Gasteiger partial charge in [0.05, 0.1) is 23.9 Å². The van der Waals surface area contributed by atoms with Crippen molar-refractivity contribution in [2.75, 3.05) is 37.7 Å². The van der Waals surface area contributed by atoms with Gasteiger partial charge in [0.1, 0.15) is 0 Å². The molecule has 0 bridgehead atoms. The summed E-state index contributed by atoms with van der Waals surface area (Å²) < 4.78 is 5.39. The molecule has 0 saturated carbocycles. The van der Waals surface area contributed by atoms with E-state index in [9.17, 15) is 0 Å². The summed E-state index contributed by atoms with van der Waals surface area (Å²) in [6, 6.07) is 7.16. The van der Waals surface area contributed by atoms with Gasteiger partial charge in [0.2, 0.25) is 0 Å². The van der Waals surface area contributed by atoms with Crippen molar-refractivity contribution in [1.29, 1.82) is 0 Å².